The average molecular weight is 683 g/mol. The standard InChI is InChI=1S/C39H50N6O3S/c1-26-10-7-13-30-24-44-37(47)34(22-28-18-17-27-11-3-4-15-32(27)28)45(2)39(48)29(12-5-6-19-40)23-35(46)33(16-8-20-41)43-25-31-14-9-21-42-38(31)49-36(26)30/h3-4,7,9-11,13-15,18,21,29,33-34,43H,5-6,8,12,16-17,19-20,22-25,40-41H2,1-2H3,(H,44,47)/t29-,33+,34+/m1/s1. The number of unbranched alkanes of at least 4 members (excludes halogenated alkanes) is 1. The van der Waals surface area contributed by atoms with Gasteiger partial charge in [-0.15, -0.1) is 0 Å². The van der Waals surface area contributed by atoms with Gasteiger partial charge in [-0.25, -0.2) is 4.98 Å². The van der Waals surface area contributed by atoms with Crippen LogP contribution in [0.3, 0.4) is 0 Å². The Morgan fingerprint density at radius 2 is 1.67 bits per heavy atom. The minimum Gasteiger partial charge on any atom is -0.350 e. The number of hydrogen-bond acceptors (Lipinski definition) is 8. The summed E-state index contributed by atoms with van der Waals surface area (Å²) in [6, 6.07) is 17.0. The molecule has 1 aromatic heterocycles. The van der Waals surface area contributed by atoms with Crippen molar-refractivity contribution < 1.29 is 14.4 Å². The molecule has 10 heteroatoms. The topological polar surface area (TPSA) is 143 Å². The van der Waals surface area contributed by atoms with Crippen molar-refractivity contribution in [2.24, 2.45) is 17.4 Å². The minimum atomic E-state index is -0.762. The number of nitrogens with zero attached hydrogens (tertiary/aromatic N) is 2. The van der Waals surface area contributed by atoms with Crippen molar-refractivity contribution in [3.8, 4) is 0 Å². The highest BCUT2D eigenvalue weighted by atomic mass is 32.2. The maximum Gasteiger partial charge on any atom is 0.243 e. The zero-order valence-corrected chi connectivity index (χ0v) is 29.6. The third-order valence-electron chi connectivity index (χ3n) is 9.69. The van der Waals surface area contributed by atoms with Crippen LogP contribution < -0.4 is 22.1 Å². The predicted molar refractivity (Wildman–Crippen MR) is 196 cm³/mol. The van der Waals surface area contributed by atoms with Crippen molar-refractivity contribution in [2.45, 2.75) is 93.4 Å². The number of fused-ring (bicyclic) bond motifs is 3. The van der Waals surface area contributed by atoms with Gasteiger partial charge in [-0.3, -0.25) is 14.4 Å². The van der Waals surface area contributed by atoms with Gasteiger partial charge >= 0.3 is 0 Å². The fourth-order valence-electron chi connectivity index (χ4n) is 6.81. The van der Waals surface area contributed by atoms with Crippen molar-refractivity contribution >= 4 is 34.9 Å². The number of aromatic nitrogens is 1. The molecule has 0 saturated carbocycles. The number of rotatable bonds is 9. The Morgan fingerprint density at radius 1 is 0.898 bits per heavy atom. The molecular weight excluding hydrogens is 633 g/mol. The van der Waals surface area contributed by atoms with E-state index in [9.17, 15) is 14.4 Å². The number of nitrogens with two attached hydrogens (primary N) is 2. The fourth-order valence-corrected chi connectivity index (χ4v) is 7.89. The molecule has 0 spiro atoms. The number of nitrogens with one attached hydrogen (secondary N) is 2. The molecule has 2 heterocycles. The second-order valence-electron chi connectivity index (χ2n) is 13.1. The number of ketones is 1. The van der Waals surface area contributed by atoms with Crippen LogP contribution in [0, 0.1) is 12.8 Å². The molecule has 0 fully saturated rings. The summed E-state index contributed by atoms with van der Waals surface area (Å²) in [5.41, 5.74) is 18.1. The number of aryl methyl sites for hydroxylation is 1. The first-order chi connectivity index (χ1) is 23.8. The lowest BCUT2D eigenvalue weighted by Crippen LogP contribution is -2.50. The van der Waals surface area contributed by atoms with E-state index in [1.807, 2.05) is 36.4 Å². The molecule has 260 valence electrons. The number of hydrogen-bond donors (Lipinski definition) is 4. The molecule has 0 saturated heterocycles. The van der Waals surface area contributed by atoms with Gasteiger partial charge in [-0.1, -0.05) is 72.8 Å². The van der Waals surface area contributed by atoms with E-state index in [-0.39, 0.29) is 24.0 Å². The highest BCUT2D eigenvalue weighted by molar-refractivity contribution is 7.99. The van der Waals surface area contributed by atoms with Gasteiger partial charge in [0.1, 0.15) is 11.1 Å². The molecule has 2 amide bonds. The fraction of sp³-hybridized carbons (Fsp3) is 0.436. The zero-order valence-electron chi connectivity index (χ0n) is 28.8. The van der Waals surface area contributed by atoms with Crippen molar-refractivity contribution in [1.82, 2.24) is 20.5 Å². The summed E-state index contributed by atoms with van der Waals surface area (Å²) in [6.45, 7) is 3.78. The van der Waals surface area contributed by atoms with Crippen LogP contribution in [0.2, 0.25) is 0 Å². The molecule has 3 atom stereocenters. The SMILES string of the molecule is Cc1cccc2c1Sc1ncccc1CN[C@@H](CCCN)C(=O)C[C@@H](CCCCN)C(=O)N(C)[C@@H](CC1=CCc3ccccc31)C(=O)NC2. The lowest BCUT2D eigenvalue weighted by molar-refractivity contribution is -0.143. The van der Waals surface area contributed by atoms with Gasteiger partial charge in [0, 0.05) is 50.0 Å². The number of benzene rings is 2. The van der Waals surface area contributed by atoms with E-state index in [0.717, 1.165) is 57.0 Å². The normalized spacial score (nSPS) is 20.6. The average Bonchev–Trinajstić information content (AvgIpc) is 3.52. The second-order valence-corrected chi connectivity index (χ2v) is 14.1. The number of likely N-dealkylation sites (N-methyl/N-ethyl adjacent to an activating group) is 1. The van der Waals surface area contributed by atoms with Crippen LogP contribution in [-0.4, -0.2) is 59.7 Å². The molecule has 1 aliphatic carbocycles. The third kappa shape index (κ3) is 9.25. The summed E-state index contributed by atoms with van der Waals surface area (Å²) in [4.78, 5) is 50.1. The number of carbonyl (C=O) groups excluding carboxylic acids is 3. The van der Waals surface area contributed by atoms with Gasteiger partial charge in [0.15, 0.2) is 5.78 Å². The molecule has 0 unspecified atom stereocenters. The summed E-state index contributed by atoms with van der Waals surface area (Å²) in [7, 11) is 1.71. The van der Waals surface area contributed by atoms with E-state index in [1.165, 1.54) is 5.56 Å². The Bertz CT molecular complexity index is 1660. The lowest BCUT2D eigenvalue weighted by atomic mass is 9.90. The number of carbonyl (C=O) groups is 3. The van der Waals surface area contributed by atoms with Crippen LogP contribution in [0.5, 0.6) is 0 Å². The molecule has 49 heavy (non-hydrogen) atoms. The molecule has 1 aliphatic heterocycles. The van der Waals surface area contributed by atoms with E-state index in [2.05, 4.69) is 41.8 Å². The first-order valence-electron chi connectivity index (χ1n) is 17.5. The number of allylic oxidation sites excluding steroid dienone is 1. The Balaban J connectivity index is 1.54. The van der Waals surface area contributed by atoms with Crippen LogP contribution in [0.25, 0.3) is 5.57 Å². The van der Waals surface area contributed by atoms with E-state index >= 15 is 0 Å². The Labute approximate surface area is 294 Å². The van der Waals surface area contributed by atoms with Gasteiger partial charge in [-0.05, 0) is 91.6 Å². The van der Waals surface area contributed by atoms with Crippen molar-refractivity contribution in [1.29, 1.82) is 0 Å². The van der Waals surface area contributed by atoms with Crippen molar-refractivity contribution in [2.75, 3.05) is 20.1 Å². The van der Waals surface area contributed by atoms with E-state index in [4.69, 9.17) is 16.5 Å². The zero-order chi connectivity index (χ0) is 34.8. The largest absolute Gasteiger partial charge is 0.350 e. The van der Waals surface area contributed by atoms with Crippen LogP contribution >= 0.6 is 11.8 Å². The van der Waals surface area contributed by atoms with Crippen molar-refractivity contribution in [3.05, 3.63) is 94.7 Å². The van der Waals surface area contributed by atoms with E-state index in [0.29, 0.717) is 51.9 Å². The Morgan fingerprint density at radius 3 is 2.49 bits per heavy atom. The first-order valence-corrected chi connectivity index (χ1v) is 18.3. The van der Waals surface area contributed by atoms with Crippen LogP contribution in [0.1, 0.15) is 72.8 Å². The van der Waals surface area contributed by atoms with Gasteiger partial charge in [-0.2, -0.15) is 0 Å². The molecule has 3 aromatic rings. The quantitative estimate of drug-likeness (QED) is 0.233. The van der Waals surface area contributed by atoms with Crippen LogP contribution in [0.15, 0.2) is 76.8 Å². The number of pyridine rings is 1. The predicted octanol–water partition coefficient (Wildman–Crippen LogP) is 4.93. The first kappa shape index (κ1) is 36.5. The van der Waals surface area contributed by atoms with Crippen molar-refractivity contribution in [3.63, 3.8) is 0 Å². The second kappa shape index (κ2) is 17.7. The van der Waals surface area contributed by atoms with E-state index < -0.39 is 18.0 Å². The highest BCUT2D eigenvalue weighted by Gasteiger charge is 2.35. The number of Topliss-reactive ketones (excluding diaryl/α,β-unsaturated/α-hetero) is 1. The molecule has 5 rings (SSSR count). The van der Waals surface area contributed by atoms with Crippen LogP contribution in [0.4, 0.5) is 0 Å². The minimum absolute atomic E-state index is 0.0232. The van der Waals surface area contributed by atoms with E-state index in [1.54, 1.807) is 29.9 Å². The summed E-state index contributed by atoms with van der Waals surface area (Å²) in [5.74, 6) is -1.02. The smallest absolute Gasteiger partial charge is 0.243 e. The Kier molecular flexibility index (Phi) is 13.2. The molecule has 9 nitrogen and oxygen atoms in total. The Hall–Kier alpha value is -3.83. The summed E-state index contributed by atoms with van der Waals surface area (Å²) >= 11 is 1.57. The summed E-state index contributed by atoms with van der Waals surface area (Å²) < 4.78 is 0. The molecule has 2 aromatic carbocycles. The van der Waals surface area contributed by atoms with Crippen LogP contribution in [-0.2, 0) is 33.9 Å². The maximum atomic E-state index is 14.4. The summed E-state index contributed by atoms with van der Waals surface area (Å²) in [6.07, 6.45) is 8.43. The number of amides is 2. The van der Waals surface area contributed by atoms with Gasteiger partial charge in [0.2, 0.25) is 11.8 Å². The molecule has 0 radical (unpaired) electrons. The van der Waals surface area contributed by atoms with Gasteiger partial charge in [0.25, 0.3) is 0 Å². The third-order valence-corrected chi connectivity index (χ3v) is 11.0. The maximum absolute atomic E-state index is 14.4. The monoisotopic (exact) mass is 682 g/mol. The molecule has 2 aliphatic rings. The molecule has 6 N–H and O–H groups in total. The molecular formula is C39H50N6O3S. The van der Waals surface area contributed by atoms with Gasteiger partial charge < -0.3 is 27.0 Å². The summed E-state index contributed by atoms with van der Waals surface area (Å²) in [5, 5.41) is 7.53. The molecule has 0 bridgehead atoms. The van der Waals surface area contributed by atoms with Gasteiger partial charge in [0.05, 0.1) is 6.04 Å². The highest BCUT2D eigenvalue weighted by Crippen LogP contribution is 2.35. The lowest BCUT2D eigenvalue weighted by Gasteiger charge is -2.32.